The first-order valence-corrected chi connectivity index (χ1v) is 5.74. The van der Waals surface area contributed by atoms with Crippen molar-refractivity contribution in [2.75, 3.05) is 5.32 Å². The van der Waals surface area contributed by atoms with Gasteiger partial charge in [-0.15, -0.1) is 0 Å². The van der Waals surface area contributed by atoms with Crippen LogP contribution in [0.5, 0.6) is 0 Å². The minimum Gasteiger partial charge on any atom is -0.481 e. The van der Waals surface area contributed by atoms with Crippen molar-refractivity contribution in [1.29, 1.82) is 5.26 Å². The number of hydrogen-bond acceptors (Lipinski definition) is 3. The van der Waals surface area contributed by atoms with Gasteiger partial charge in [0, 0.05) is 6.04 Å². The lowest BCUT2D eigenvalue weighted by atomic mass is 10.1. The Hall–Kier alpha value is -2.09. The SMILES string of the molecule is CCCC(CC(=O)O)Nc1ccc(F)cc1C#N. The summed E-state index contributed by atoms with van der Waals surface area (Å²) < 4.78 is 13.0. The largest absolute Gasteiger partial charge is 0.481 e. The summed E-state index contributed by atoms with van der Waals surface area (Å²) in [4.78, 5) is 10.7. The number of benzene rings is 1. The Morgan fingerprint density at radius 2 is 2.33 bits per heavy atom. The number of hydrogen-bond donors (Lipinski definition) is 2. The fourth-order valence-electron chi connectivity index (χ4n) is 1.74. The van der Waals surface area contributed by atoms with Gasteiger partial charge in [0.1, 0.15) is 11.9 Å². The quantitative estimate of drug-likeness (QED) is 0.814. The molecule has 0 radical (unpaired) electrons. The Balaban J connectivity index is 2.86. The lowest BCUT2D eigenvalue weighted by Crippen LogP contribution is -2.23. The zero-order valence-corrected chi connectivity index (χ0v) is 10.1. The zero-order valence-electron chi connectivity index (χ0n) is 10.1. The number of nitrogens with one attached hydrogen (secondary N) is 1. The van der Waals surface area contributed by atoms with Gasteiger partial charge in [-0.1, -0.05) is 13.3 Å². The van der Waals surface area contributed by atoms with Gasteiger partial charge in [-0.2, -0.15) is 5.26 Å². The predicted octanol–water partition coefficient (Wildman–Crippen LogP) is 2.75. The molecule has 0 heterocycles. The second-order valence-electron chi connectivity index (χ2n) is 4.03. The van der Waals surface area contributed by atoms with E-state index < -0.39 is 11.8 Å². The van der Waals surface area contributed by atoms with Gasteiger partial charge in [0.05, 0.1) is 17.7 Å². The molecule has 0 aliphatic carbocycles. The van der Waals surface area contributed by atoms with Crippen LogP contribution >= 0.6 is 0 Å². The summed E-state index contributed by atoms with van der Waals surface area (Å²) in [6.07, 6.45) is 1.47. The van der Waals surface area contributed by atoms with Crippen LogP contribution in [0, 0.1) is 17.1 Å². The van der Waals surface area contributed by atoms with Crippen LogP contribution in [-0.2, 0) is 4.79 Å². The maximum Gasteiger partial charge on any atom is 0.305 e. The van der Waals surface area contributed by atoms with Gasteiger partial charge in [-0.05, 0) is 24.6 Å². The van der Waals surface area contributed by atoms with E-state index in [1.165, 1.54) is 12.1 Å². The maximum atomic E-state index is 13.0. The molecule has 0 aromatic heterocycles. The molecule has 0 amide bonds. The Morgan fingerprint density at radius 1 is 1.61 bits per heavy atom. The molecule has 1 aromatic rings. The number of rotatable bonds is 6. The highest BCUT2D eigenvalue weighted by Crippen LogP contribution is 2.19. The molecule has 0 saturated carbocycles. The third-order valence-electron chi connectivity index (χ3n) is 2.52. The fourth-order valence-corrected chi connectivity index (χ4v) is 1.74. The molecule has 2 N–H and O–H groups in total. The van der Waals surface area contributed by atoms with Crippen molar-refractivity contribution in [3.8, 4) is 6.07 Å². The number of carboxylic acids is 1. The number of carbonyl (C=O) groups is 1. The average Bonchev–Trinajstić information content (AvgIpc) is 2.31. The Labute approximate surface area is 105 Å². The maximum absolute atomic E-state index is 13.0. The fraction of sp³-hybridized carbons (Fsp3) is 0.385. The second kappa shape index (κ2) is 6.60. The molecule has 5 heteroatoms. The van der Waals surface area contributed by atoms with E-state index in [9.17, 15) is 9.18 Å². The molecule has 1 rings (SSSR count). The van der Waals surface area contributed by atoms with Gasteiger partial charge >= 0.3 is 5.97 Å². The van der Waals surface area contributed by atoms with E-state index in [0.29, 0.717) is 12.1 Å². The zero-order chi connectivity index (χ0) is 13.5. The molecule has 0 spiro atoms. The molecule has 0 fully saturated rings. The van der Waals surface area contributed by atoms with Gasteiger partial charge in [0.15, 0.2) is 0 Å². The average molecular weight is 250 g/mol. The van der Waals surface area contributed by atoms with Crippen molar-refractivity contribution in [3.05, 3.63) is 29.6 Å². The lowest BCUT2D eigenvalue weighted by molar-refractivity contribution is -0.137. The van der Waals surface area contributed by atoms with E-state index >= 15 is 0 Å². The van der Waals surface area contributed by atoms with E-state index in [1.54, 1.807) is 0 Å². The molecular formula is C13H15FN2O2. The first-order chi connectivity index (χ1) is 8.56. The summed E-state index contributed by atoms with van der Waals surface area (Å²) in [5.74, 6) is -1.39. The predicted molar refractivity (Wildman–Crippen MR) is 65.7 cm³/mol. The summed E-state index contributed by atoms with van der Waals surface area (Å²) in [5.41, 5.74) is 0.653. The van der Waals surface area contributed by atoms with Crippen molar-refractivity contribution in [1.82, 2.24) is 0 Å². The van der Waals surface area contributed by atoms with Crippen LogP contribution < -0.4 is 5.32 Å². The van der Waals surface area contributed by atoms with Gasteiger partial charge in [0.25, 0.3) is 0 Å². The van der Waals surface area contributed by atoms with Crippen LogP contribution in [0.2, 0.25) is 0 Å². The normalized spacial score (nSPS) is 11.6. The molecule has 1 unspecified atom stereocenters. The van der Waals surface area contributed by atoms with Crippen LogP contribution in [0.25, 0.3) is 0 Å². The minimum atomic E-state index is -0.901. The molecule has 0 bridgehead atoms. The summed E-state index contributed by atoms with van der Waals surface area (Å²) in [7, 11) is 0. The number of carboxylic acid groups (broad SMARTS) is 1. The first kappa shape index (κ1) is 14.0. The van der Waals surface area contributed by atoms with E-state index in [4.69, 9.17) is 10.4 Å². The number of halogens is 1. The van der Waals surface area contributed by atoms with E-state index in [2.05, 4.69) is 5.32 Å². The smallest absolute Gasteiger partial charge is 0.305 e. The van der Waals surface area contributed by atoms with Crippen LogP contribution in [0.3, 0.4) is 0 Å². The van der Waals surface area contributed by atoms with Crippen molar-refractivity contribution >= 4 is 11.7 Å². The van der Waals surface area contributed by atoms with Crippen molar-refractivity contribution in [2.24, 2.45) is 0 Å². The minimum absolute atomic E-state index is 0.0317. The summed E-state index contributed by atoms with van der Waals surface area (Å²) >= 11 is 0. The molecule has 0 aliphatic heterocycles. The molecule has 0 aliphatic rings. The van der Waals surface area contributed by atoms with E-state index in [-0.39, 0.29) is 18.0 Å². The van der Waals surface area contributed by atoms with Gasteiger partial charge in [0.2, 0.25) is 0 Å². The number of nitrogens with zero attached hydrogens (tertiary/aromatic N) is 1. The monoisotopic (exact) mass is 250 g/mol. The third-order valence-corrected chi connectivity index (χ3v) is 2.52. The Bertz CT molecular complexity index is 469. The number of anilines is 1. The van der Waals surface area contributed by atoms with Crippen molar-refractivity contribution in [3.63, 3.8) is 0 Å². The molecule has 0 saturated heterocycles. The molecule has 1 atom stereocenters. The third kappa shape index (κ3) is 4.06. The molecule has 4 nitrogen and oxygen atoms in total. The second-order valence-corrected chi connectivity index (χ2v) is 4.03. The highest BCUT2D eigenvalue weighted by Gasteiger charge is 2.14. The highest BCUT2D eigenvalue weighted by molar-refractivity contribution is 5.69. The molecule has 18 heavy (non-hydrogen) atoms. The van der Waals surface area contributed by atoms with Crippen LogP contribution in [0.4, 0.5) is 10.1 Å². The summed E-state index contributed by atoms with van der Waals surface area (Å²) in [6, 6.07) is 5.46. The molecule has 96 valence electrons. The van der Waals surface area contributed by atoms with Crippen molar-refractivity contribution in [2.45, 2.75) is 32.2 Å². The van der Waals surface area contributed by atoms with Gasteiger partial charge in [-0.3, -0.25) is 4.79 Å². The standard InChI is InChI=1S/C13H15FN2O2/c1-2-3-11(7-13(17)18)16-12-5-4-10(14)6-9(12)8-15/h4-6,11,16H,2-3,7H2,1H3,(H,17,18). The van der Waals surface area contributed by atoms with Crippen LogP contribution in [-0.4, -0.2) is 17.1 Å². The lowest BCUT2D eigenvalue weighted by Gasteiger charge is -2.18. The first-order valence-electron chi connectivity index (χ1n) is 5.74. The van der Waals surface area contributed by atoms with Crippen molar-refractivity contribution < 1.29 is 14.3 Å². The molecular weight excluding hydrogens is 235 g/mol. The topological polar surface area (TPSA) is 73.1 Å². The Morgan fingerprint density at radius 3 is 2.89 bits per heavy atom. The van der Waals surface area contributed by atoms with E-state index in [1.807, 2.05) is 13.0 Å². The summed E-state index contributed by atoms with van der Waals surface area (Å²) in [5, 5.41) is 20.7. The van der Waals surface area contributed by atoms with Crippen LogP contribution in [0.1, 0.15) is 31.7 Å². The Kier molecular flexibility index (Phi) is 5.12. The van der Waals surface area contributed by atoms with Gasteiger partial charge in [-0.25, -0.2) is 4.39 Å². The number of nitriles is 1. The molecule has 1 aromatic carbocycles. The highest BCUT2D eigenvalue weighted by atomic mass is 19.1. The summed E-state index contributed by atoms with van der Waals surface area (Å²) in [6.45, 7) is 1.95. The number of aliphatic carboxylic acids is 1. The van der Waals surface area contributed by atoms with Crippen LogP contribution in [0.15, 0.2) is 18.2 Å². The van der Waals surface area contributed by atoms with Gasteiger partial charge < -0.3 is 10.4 Å². The van der Waals surface area contributed by atoms with E-state index in [0.717, 1.165) is 12.5 Å².